The second-order valence-corrected chi connectivity index (χ2v) is 13.4. The number of rotatable bonds is 11. The van der Waals surface area contributed by atoms with E-state index in [1.807, 2.05) is 71.0 Å². The first kappa shape index (κ1) is 31.4. The number of amides is 2. The van der Waals surface area contributed by atoms with Gasteiger partial charge in [0.05, 0.1) is 10.6 Å². The number of nitrogens with zero attached hydrogens (tertiary/aromatic N) is 2. The molecule has 2 amide bonds. The molecule has 40 heavy (non-hydrogen) atoms. The molecule has 1 atom stereocenters. The van der Waals surface area contributed by atoms with Gasteiger partial charge in [-0.25, -0.2) is 8.42 Å². The summed E-state index contributed by atoms with van der Waals surface area (Å²) in [5, 5.41) is 2.90. The number of aryl methyl sites for hydroxylation is 3. The van der Waals surface area contributed by atoms with Gasteiger partial charge in [-0.05, 0) is 75.1 Å². The van der Waals surface area contributed by atoms with E-state index in [1.165, 1.54) is 4.90 Å². The van der Waals surface area contributed by atoms with Gasteiger partial charge in [0, 0.05) is 17.6 Å². The van der Waals surface area contributed by atoms with Gasteiger partial charge in [-0.2, -0.15) is 0 Å². The Morgan fingerprint density at radius 1 is 0.900 bits per heavy atom. The molecular weight excluding hydrogens is 590 g/mol. The van der Waals surface area contributed by atoms with E-state index in [1.54, 1.807) is 37.3 Å². The summed E-state index contributed by atoms with van der Waals surface area (Å²) < 4.78 is 30.0. The average Bonchev–Trinajstić information content (AvgIpc) is 2.89. The Labute approximate surface area is 246 Å². The van der Waals surface area contributed by atoms with Gasteiger partial charge in [0.25, 0.3) is 10.0 Å². The summed E-state index contributed by atoms with van der Waals surface area (Å²) in [7, 11) is -4.10. The summed E-state index contributed by atoms with van der Waals surface area (Å²) in [5.74, 6) is -0.538. The zero-order valence-corrected chi connectivity index (χ0v) is 26.3. The lowest BCUT2D eigenvalue weighted by Gasteiger charge is -2.32. The molecule has 3 rings (SSSR count). The largest absolute Gasteiger partial charge is 0.354 e. The molecule has 0 heterocycles. The van der Waals surface area contributed by atoms with Crippen LogP contribution >= 0.6 is 15.9 Å². The summed E-state index contributed by atoms with van der Waals surface area (Å²) in [6, 6.07) is 18.7. The zero-order chi connectivity index (χ0) is 29.6. The van der Waals surface area contributed by atoms with Gasteiger partial charge in [-0.15, -0.1) is 0 Å². The fourth-order valence-electron chi connectivity index (χ4n) is 4.30. The molecule has 0 aliphatic heterocycles. The van der Waals surface area contributed by atoms with Crippen LogP contribution in [-0.2, 0) is 26.2 Å². The number of hydrogen-bond donors (Lipinski definition) is 1. The molecule has 0 aliphatic rings. The quantitative estimate of drug-likeness (QED) is 0.293. The van der Waals surface area contributed by atoms with Crippen LogP contribution in [0.3, 0.4) is 0 Å². The van der Waals surface area contributed by atoms with E-state index in [4.69, 9.17) is 0 Å². The maximum atomic E-state index is 14.0. The third-order valence-corrected chi connectivity index (χ3v) is 8.87. The lowest BCUT2D eigenvalue weighted by atomic mass is 10.1. The molecule has 0 bridgehead atoms. The lowest BCUT2D eigenvalue weighted by molar-refractivity contribution is -0.139. The lowest BCUT2D eigenvalue weighted by Crippen LogP contribution is -2.51. The highest BCUT2D eigenvalue weighted by atomic mass is 79.9. The molecule has 1 unspecified atom stereocenters. The van der Waals surface area contributed by atoms with Crippen LogP contribution in [0.1, 0.15) is 43.0 Å². The average molecular weight is 629 g/mol. The maximum Gasteiger partial charge on any atom is 0.264 e. The summed E-state index contributed by atoms with van der Waals surface area (Å²) in [4.78, 5) is 28.7. The second kappa shape index (κ2) is 13.5. The first-order valence-electron chi connectivity index (χ1n) is 13.3. The van der Waals surface area contributed by atoms with Crippen LogP contribution in [0, 0.1) is 26.7 Å². The number of nitrogens with one attached hydrogen (secondary N) is 1. The monoisotopic (exact) mass is 627 g/mol. The SMILES string of the molecule is Cc1ccc(S(=O)(=O)N(CC(=O)N(Cc2cccc(Br)c2)C(C)C(=O)NCC(C)C)c2ccc(C)cc2C)cc1. The predicted octanol–water partition coefficient (Wildman–Crippen LogP) is 5.76. The van der Waals surface area contributed by atoms with Crippen molar-refractivity contribution in [3.05, 3.63) is 93.5 Å². The highest BCUT2D eigenvalue weighted by Gasteiger charge is 2.33. The molecule has 3 aromatic rings. The molecule has 0 saturated carbocycles. The Morgan fingerprint density at radius 3 is 2.15 bits per heavy atom. The fraction of sp³-hybridized carbons (Fsp3) is 0.355. The molecule has 0 spiro atoms. The minimum Gasteiger partial charge on any atom is -0.354 e. The molecule has 0 aliphatic carbocycles. The van der Waals surface area contributed by atoms with Crippen LogP contribution in [0.4, 0.5) is 5.69 Å². The Bertz CT molecular complexity index is 1460. The van der Waals surface area contributed by atoms with Crippen LogP contribution in [0.15, 0.2) is 76.1 Å². The summed E-state index contributed by atoms with van der Waals surface area (Å²) in [6.45, 7) is 11.4. The van der Waals surface area contributed by atoms with Crippen molar-refractivity contribution in [3.8, 4) is 0 Å². The van der Waals surface area contributed by atoms with E-state index in [0.29, 0.717) is 12.2 Å². The number of halogens is 1. The molecule has 214 valence electrons. The van der Waals surface area contributed by atoms with Gasteiger partial charge in [0.2, 0.25) is 11.8 Å². The van der Waals surface area contributed by atoms with Crippen LogP contribution in [0.25, 0.3) is 0 Å². The molecule has 7 nitrogen and oxygen atoms in total. The van der Waals surface area contributed by atoms with Crippen molar-refractivity contribution in [2.45, 2.75) is 59.0 Å². The Hall–Kier alpha value is -3.17. The van der Waals surface area contributed by atoms with Crippen molar-refractivity contribution in [2.24, 2.45) is 5.92 Å². The zero-order valence-electron chi connectivity index (χ0n) is 23.9. The first-order valence-corrected chi connectivity index (χ1v) is 15.5. The summed E-state index contributed by atoms with van der Waals surface area (Å²) in [6.07, 6.45) is 0. The van der Waals surface area contributed by atoms with E-state index >= 15 is 0 Å². The molecule has 9 heteroatoms. The van der Waals surface area contributed by atoms with Crippen molar-refractivity contribution >= 4 is 43.5 Å². The minimum absolute atomic E-state index is 0.0899. The fourth-order valence-corrected chi connectivity index (χ4v) is 6.23. The maximum absolute atomic E-state index is 14.0. The van der Waals surface area contributed by atoms with Gasteiger partial charge in [-0.1, -0.05) is 77.3 Å². The number of benzene rings is 3. The topological polar surface area (TPSA) is 86.8 Å². The standard InChI is InChI=1S/C31H38BrN3O4S/c1-21(2)18-33-31(37)25(6)34(19-26-8-7-9-27(32)17-26)30(36)20-35(29-15-12-23(4)16-24(29)5)40(38,39)28-13-10-22(3)11-14-28/h7-17,21,25H,18-20H2,1-6H3,(H,33,37). The van der Waals surface area contributed by atoms with Gasteiger partial charge < -0.3 is 10.2 Å². The van der Waals surface area contributed by atoms with Crippen LogP contribution in [0.2, 0.25) is 0 Å². The van der Waals surface area contributed by atoms with Crippen LogP contribution in [0.5, 0.6) is 0 Å². The van der Waals surface area contributed by atoms with Crippen molar-refractivity contribution in [1.82, 2.24) is 10.2 Å². The van der Waals surface area contributed by atoms with E-state index in [-0.39, 0.29) is 23.3 Å². The van der Waals surface area contributed by atoms with Gasteiger partial charge in [0.1, 0.15) is 12.6 Å². The number of hydrogen-bond acceptors (Lipinski definition) is 4. The third kappa shape index (κ3) is 7.95. The highest BCUT2D eigenvalue weighted by Crippen LogP contribution is 2.28. The number of anilines is 1. The molecule has 0 saturated heterocycles. The van der Waals surface area contributed by atoms with Crippen molar-refractivity contribution < 1.29 is 18.0 Å². The Balaban J connectivity index is 2.05. The van der Waals surface area contributed by atoms with Crippen LogP contribution in [-0.4, -0.2) is 44.3 Å². The molecule has 0 radical (unpaired) electrons. The number of sulfonamides is 1. The Kier molecular flexibility index (Phi) is 10.6. The third-order valence-electron chi connectivity index (χ3n) is 6.60. The van der Waals surface area contributed by atoms with Gasteiger partial charge in [-0.3, -0.25) is 13.9 Å². The van der Waals surface area contributed by atoms with Crippen molar-refractivity contribution in [3.63, 3.8) is 0 Å². The van der Waals surface area contributed by atoms with Crippen molar-refractivity contribution in [1.29, 1.82) is 0 Å². The van der Waals surface area contributed by atoms with E-state index < -0.39 is 28.5 Å². The molecule has 0 aromatic heterocycles. The smallest absolute Gasteiger partial charge is 0.264 e. The normalized spacial score (nSPS) is 12.2. The summed E-state index contributed by atoms with van der Waals surface area (Å²) >= 11 is 3.47. The Morgan fingerprint density at radius 2 is 1.55 bits per heavy atom. The minimum atomic E-state index is -4.10. The van der Waals surface area contributed by atoms with E-state index in [9.17, 15) is 18.0 Å². The highest BCUT2D eigenvalue weighted by molar-refractivity contribution is 9.10. The van der Waals surface area contributed by atoms with Gasteiger partial charge in [0.15, 0.2) is 0 Å². The summed E-state index contributed by atoms with van der Waals surface area (Å²) in [5.41, 5.74) is 3.86. The predicted molar refractivity (Wildman–Crippen MR) is 164 cm³/mol. The number of carbonyl (C=O) groups excluding carboxylic acids is 2. The molecular formula is C31H38BrN3O4S. The molecule has 3 aromatic carbocycles. The van der Waals surface area contributed by atoms with E-state index in [2.05, 4.69) is 21.2 Å². The first-order chi connectivity index (χ1) is 18.8. The van der Waals surface area contributed by atoms with Crippen LogP contribution < -0.4 is 9.62 Å². The number of carbonyl (C=O) groups is 2. The van der Waals surface area contributed by atoms with Crippen molar-refractivity contribution in [2.75, 3.05) is 17.4 Å². The second-order valence-electron chi connectivity index (χ2n) is 10.6. The van der Waals surface area contributed by atoms with Gasteiger partial charge >= 0.3 is 0 Å². The molecule has 0 fully saturated rings. The van der Waals surface area contributed by atoms with E-state index in [0.717, 1.165) is 31.0 Å². The molecule has 1 N–H and O–H groups in total.